The molecule has 0 radical (unpaired) electrons. The van der Waals surface area contributed by atoms with Crippen molar-refractivity contribution in [2.24, 2.45) is 0 Å². The smallest absolute Gasteiger partial charge is 0.267 e. The van der Waals surface area contributed by atoms with Gasteiger partial charge in [-0.2, -0.15) is 0 Å². The summed E-state index contributed by atoms with van der Waals surface area (Å²) >= 11 is 5.90. The number of anilines is 2. The lowest BCUT2D eigenvalue weighted by Gasteiger charge is -2.11. The van der Waals surface area contributed by atoms with Crippen LogP contribution in [0, 0.1) is 13.8 Å². The Morgan fingerprint density at radius 1 is 1.20 bits per heavy atom. The number of nitrogens with two attached hydrogens (primary N) is 1. The number of nitrogens with one attached hydrogen (secondary N) is 1. The van der Waals surface area contributed by atoms with Gasteiger partial charge < -0.3 is 5.73 Å². The molecule has 0 aliphatic carbocycles. The number of aryl methyl sites for hydroxylation is 2. The fourth-order valence-corrected chi connectivity index (χ4v) is 3.38. The van der Waals surface area contributed by atoms with Gasteiger partial charge in [-0.3, -0.25) is 0 Å². The van der Waals surface area contributed by atoms with Gasteiger partial charge in [0.2, 0.25) is 5.95 Å². The molecule has 1 aromatic heterocycles. The molecule has 0 aliphatic heterocycles. The Bertz CT molecular complexity index is 722. The van der Waals surface area contributed by atoms with E-state index >= 15 is 0 Å². The monoisotopic (exact) mass is 312 g/mol. The summed E-state index contributed by atoms with van der Waals surface area (Å²) in [6.07, 6.45) is 0. The maximum Gasteiger partial charge on any atom is 0.267 e. The van der Waals surface area contributed by atoms with E-state index in [-0.39, 0.29) is 21.6 Å². The van der Waals surface area contributed by atoms with Gasteiger partial charge in [0.1, 0.15) is 4.90 Å². The first-order valence-corrected chi connectivity index (χ1v) is 7.55. The predicted octanol–water partition coefficient (Wildman–Crippen LogP) is 2.13. The summed E-state index contributed by atoms with van der Waals surface area (Å²) in [5.41, 5.74) is 7.05. The minimum absolute atomic E-state index is 0.0122. The minimum atomic E-state index is -3.94. The molecule has 2 rings (SSSR count). The van der Waals surface area contributed by atoms with E-state index in [1.54, 1.807) is 26.0 Å². The van der Waals surface area contributed by atoms with Crippen molar-refractivity contribution in [1.82, 2.24) is 9.97 Å². The van der Waals surface area contributed by atoms with Crippen LogP contribution in [0.2, 0.25) is 5.02 Å². The Morgan fingerprint density at radius 3 is 2.35 bits per heavy atom. The van der Waals surface area contributed by atoms with E-state index in [1.165, 1.54) is 12.1 Å². The summed E-state index contributed by atoms with van der Waals surface area (Å²) < 4.78 is 26.9. The van der Waals surface area contributed by atoms with Crippen LogP contribution in [0.5, 0.6) is 0 Å². The molecule has 0 amide bonds. The zero-order valence-corrected chi connectivity index (χ0v) is 12.5. The van der Waals surface area contributed by atoms with Crippen LogP contribution in [0.1, 0.15) is 11.4 Å². The summed E-state index contributed by atoms with van der Waals surface area (Å²) in [4.78, 5) is 7.86. The van der Waals surface area contributed by atoms with Crippen molar-refractivity contribution >= 4 is 33.3 Å². The van der Waals surface area contributed by atoms with Crippen LogP contribution < -0.4 is 10.5 Å². The molecule has 20 heavy (non-hydrogen) atoms. The fraction of sp³-hybridized carbons (Fsp3) is 0.167. The first-order valence-electron chi connectivity index (χ1n) is 5.69. The van der Waals surface area contributed by atoms with Crippen molar-refractivity contribution in [1.29, 1.82) is 0 Å². The van der Waals surface area contributed by atoms with Gasteiger partial charge in [0.15, 0.2) is 0 Å². The Labute approximate surface area is 122 Å². The topological polar surface area (TPSA) is 98.0 Å². The first-order chi connectivity index (χ1) is 9.29. The number of nitrogens with zero attached hydrogens (tertiary/aromatic N) is 2. The van der Waals surface area contributed by atoms with E-state index in [1.807, 2.05) is 0 Å². The standard InChI is InChI=1S/C12H13ClN4O2S/c1-7-6-8(2)16-12(15-7)17-20(18,19)11-9(13)4-3-5-10(11)14/h3-6H,14H2,1-2H3,(H,15,16,17). The average Bonchev–Trinajstić information content (AvgIpc) is 2.25. The number of sulfonamides is 1. The number of hydrogen-bond donors (Lipinski definition) is 2. The van der Waals surface area contributed by atoms with Crippen LogP contribution in [0.4, 0.5) is 11.6 Å². The molecule has 1 heterocycles. The number of aromatic nitrogens is 2. The maximum atomic E-state index is 12.3. The van der Waals surface area contributed by atoms with Crippen LogP contribution in [0.15, 0.2) is 29.2 Å². The predicted molar refractivity (Wildman–Crippen MR) is 78.2 cm³/mol. The van der Waals surface area contributed by atoms with Gasteiger partial charge in [0.05, 0.1) is 10.7 Å². The average molecular weight is 313 g/mol. The third kappa shape index (κ3) is 3.00. The molecule has 6 nitrogen and oxygen atoms in total. The summed E-state index contributed by atoms with van der Waals surface area (Å²) in [7, 11) is -3.94. The molecular formula is C12H13ClN4O2S. The molecule has 0 aliphatic rings. The first kappa shape index (κ1) is 14.5. The number of halogens is 1. The zero-order chi connectivity index (χ0) is 14.9. The Balaban J connectivity index is 2.46. The van der Waals surface area contributed by atoms with Crippen LogP contribution in [0.25, 0.3) is 0 Å². The molecule has 8 heteroatoms. The van der Waals surface area contributed by atoms with Crippen molar-refractivity contribution in [2.45, 2.75) is 18.7 Å². The van der Waals surface area contributed by atoms with E-state index < -0.39 is 10.0 Å². The SMILES string of the molecule is Cc1cc(C)nc(NS(=O)(=O)c2c(N)cccc2Cl)n1. The van der Waals surface area contributed by atoms with Crippen LogP contribution >= 0.6 is 11.6 Å². The second-order valence-electron chi connectivity index (χ2n) is 4.24. The molecule has 0 saturated heterocycles. The molecule has 0 saturated carbocycles. The van der Waals surface area contributed by atoms with Crippen molar-refractivity contribution in [2.75, 3.05) is 10.5 Å². The third-order valence-electron chi connectivity index (χ3n) is 2.47. The number of hydrogen-bond acceptors (Lipinski definition) is 5. The molecule has 0 atom stereocenters. The molecule has 2 aromatic rings. The van der Waals surface area contributed by atoms with Crippen molar-refractivity contribution in [3.8, 4) is 0 Å². The highest BCUT2D eigenvalue weighted by Gasteiger charge is 2.22. The number of benzene rings is 1. The Kier molecular flexibility index (Phi) is 3.82. The van der Waals surface area contributed by atoms with Gasteiger partial charge in [0.25, 0.3) is 10.0 Å². The van der Waals surface area contributed by atoms with Crippen LogP contribution in [-0.4, -0.2) is 18.4 Å². The van der Waals surface area contributed by atoms with Crippen molar-refractivity contribution < 1.29 is 8.42 Å². The van der Waals surface area contributed by atoms with Gasteiger partial charge in [-0.1, -0.05) is 17.7 Å². The van der Waals surface area contributed by atoms with E-state index in [9.17, 15) is 8.42 Å². The molecule has 3 N–H and O–H groups in total. The van der Waals surface area contributed by atoms with Gasteiger partial charge in [0, 0.05) is 11.4 Å². The normalized spacial score (nSPS) is 11.3. The van der Waals surface area contributed by atoms with E-state index in [2.05, 4.69) is 14.7 Å². The number of nitrogen functional groups attached to an aromatic ring is 1. The molecule has 0 unspecified atom stereocenters. The number of rotatable bonds is 3. The van der Waals surface area contributed by atoms with Crippen molar-refractivity contribution in [3.63, 3.8) is 0 Å². The molecule has 1 aromatic carbocycles. The summed E-state index contributed by atoms with van der Waals surface area (Å²) in [6, 6.07) is 6.23. The summed E-state index contributed by atoms with van der Waals surface area (Å²) in [6.45, 7) is 3.49. The Morgan fingerprint density at radius 2 is 1.80 bits per heavy atom. The molecule has 106 valence electrons. The van der Waals surface area contributed by atoms with Gasteiger partial charge in [-0.05, 0) is 32.0 Å². The molecule has 0 fully saturated rings. The quantitative estimate of drug-likeness (QED) is 0.846. The molecule has 0 spiro atoms. The van der Waals surface area contributed by atoms with Crippen LogP contribution in [0.3, 0.4) is 0 Å². The maximum absolute atomic E-state index is 12.3. The third-order valence-corrected chi connectivity index (χ3v) is 4.35. The zero-order valence-electron chi connectivity index (χ0n) is 10.9. The second-order valence-corrected chi connectivity index (χ2v) is 6.26. The van der Waals surface area contributed by atoms with Gasteiger partial charge in [-0.15, -0.1) is 0 Å². The Hall–Kier alpha value is -1.86. The highest BCUT2D eigenvalue weighted by Crippen LogP contribution is 2.28. The summed E-state index contributed by atoms with van der Waals surface area (Å²) in [5.74, 6) is -0.0122. The largest absolute Gasteiger partial charge is 0.398 e. The fourth-order valence-electron chi connectivity index (χ4n) is 1.75. The highest BCUT2D eigenvalue weighted by molar-refractivity contribution is 7.93. The van der Waals surface area contributed by atoms with Gasteiger partial charge >= 0.3 is 0 Å². The summed E-state index contributed by atoms with van der Waals surface area (Å²) in [5, 5.41) is 0.0434. The lowest BCUT2D eigenvalue weighted by molar-refractivity contribution is 0.601. The second kappa shape index (κ2) is 5.26. The highest BCUT2D eigenvalue weighted by atomic mass is 35.5. The van der Waals surface area contributed by atoms with E-state index in [0.717, 1.165) is 0 Å². The molecular weight excluding hydrogens is 300 g/mol. The van der Waals surface area contributed by atoms with Crippen LogP contribution in [-0.2, 0) is 10.0 Å². The minimum Gasteiger partial charge on any atom is -0.398 e. The van der Waals surface area contributed by atoms with E-state index in [4.69, 9.17) is 17.3 Å². The lowest BCUT2D eigenvalue weighted by Crippen LogP contribution is -2.17. The van der Waals surface area contributed by atoms with Gasteiger partial charge in [-0.25, -0.2) is 23.1 Å². The van der Waals surface area contributed by atoms with Crippen molar-refractivity contribution in [3.05, 3.63) is 40.7 Å². The van der Waals surface area contributed by atoms with E-state index in [0.29, 0.717) is 11.4 Å². The lowest BCUT2D eigenvalue weighted by atomic mass is 10.3. The molecule has 0 bridgehead atoms.